The minimum Gasteiger partial charge on any atom is -0.495 e. The lowest BCUT2D eigenvalue weighted by atomic mass is 10.1. The lowest BCUT2D eigenvalue weighted by Gasteiger charge is -2.27. The van der Waals surface area contributed by atoms with Gasteiger partial charge in [0.25, 0.3) is 0 Å². The molecule has 1 aromatic rings. The summed E-state index contributed by atoms with van der Waals surface area (Å²) in [6.07, 6.45) is 2.98. The summed E-state index contributed by atoms with van der Waals surface area (Å²) >= 11 is 0. The molecule has 1 aliphatic rings. The molecule has 0 saturated carbocycles. The number of rotatable bonds is 3. The smallest absolute Gasteiger partial charge is 0.246 e. The highest BCUT2D eigenvalue weighted by Crippen LogP contribution is 2.32. The van der Waals surface area contributed by atoms with Gasteiger partial charge in [-0.3, -0.25) is 0 Å². The van der Waals surface area contributed by atoms with Crippen LogP contribution in [0.2, 0.25) is 0 Å². The van der Waals surface area contributed by atoms with Crippen LogP contribution in [-0.2, 0) is 10.0 Å². The van der Waals surface area contributed by atoms with Gasteiger partial charge in [0.1, 0.15) is 10.6 Å². The molecule has 106 valence electrons. The Hall–Kier alpha value is -1.07. The predicted molar refractivity (Wildman–Crippen MR) is 75.1 cm³/mol. The van der Waals surface area contributed by atoms with Crippen molar-refractivity contribution in [3.8, 4) is 5.75 Å². The molecule has 19 heavy (non-hydrogen) atoms. The van der Waals surface area contributed by atoms with Gasteiger partial charge in [-0.1, -0.05) is 12.5 Å². The third-order valence-corrected chi connectivity index (χ3v) is 5.43. The van der Waals surface area contributed by atoms with Crippen molar-refractivity contribution in [3.05, 3.63) is 23.3 Å². The van der Waals surface area contributed by atoms with E-state index in [9.17, 15) is 8.42 Å². The number of ether oxygens (including phenoxy) is 1. The van der Waals surface area contributed by atoms with Crippen molar-refractivity contribution in [2.75, 3.05) is 20.2 Å². The number of sulfonamides is 1. The molecule has 0 N–H and O–H groups in total. The van der Waals surface area contributed by atoms with Gasteiger partial charge in [-0.15, -0.1) is 0 Å². The van der Waals surface area contributed by atoms with Crippen LogP contribution in [0, 0.1) is 13.8 Å². The molecule has 0 radical (unpaired) electrons. The van der Waals surface area contributed by atoms with Crippen LogP contribution in [0.5, 0.6) is 5.75 Å². The van der Waals surface area contributed by atoms with Gasteiger partial charge in [0.05, 0.1) is 7.11 Å². The monoisotopic (exact) mass is 283 g/mol. The average Bonchev–Trinajstić information content (AvgIpc) is 2.39. The molecule has 0 unspecified atom stereocenters. The highest BCUT2D eigenvalue weighted by Gasteiger charge is 2.29. The Morgan fingerprint density at radius 2 is 1.74 bits per heavy atom. The van der Waals surface area contributed by atoms with E-state index < -0.39 is 10.0 Å². The number of hydrogen-bond acceptors (Lipinski definition) is 3. The number of aryl methyl sites for hydroxylation is 2. The van der Waals surface area contributed by atoms with Crippen molar-refractivity contribution in [1.29, 1.82) is 0 Å². The van der Waals surface area contributed by atoms with Crippen molar-refractivity contribution in [2.24, 2.45) is 0 Å². The van der Waals surface area contributed by atoms with Gasteiger partial charge in [0.2, 0.25) is 10.0 Å². The molecule has 0 amide bonds. The second kappa shape index (κ2) is 5.51. The highest BCUT2D eigenvalue weighted by atomic mass is 32.2. The van der Waals surface area contributed by atoms with Crippen LogP contribution in [0.1, 0.15) is 30.4 Å². The molecule has 1 heterocycles. The number of methoxy groups -OCH3 is 1. The molecule has 1 aliphatic heterocycles. The Labute approximate surface area is 115 Å². The van der Waals surface area contributed by atoms with E-state index in [2.05, 4.69) is 0 Å². The van der Waals surface area contributed by atoms with E-state index in [-0.39, 0.29) is 0 Å². The van der Waals surface area contributed by atoms with Crippen LogP contribution in [0.3, 0.4) is 0 Å². The van der Waals surface area contributed by atoms with Crippen molar-refractivity contribution in [2.45, 2.75) is 38.0 Å². The summed E-state index contributed by atoms with van der Waals surface area (Å²) in [4.78, 5) is 0.300. The molecule has 0 aromatic heterocycles. The standard InChI is InChI=1S/C14H21NO3S/c1-11-9-12(2)14(18-3)13(10-11)19(16,17)15-7-5-4-6-8-15/h9-10H,4-8H2,1-3H3. The summed E-state index contributed by atoms with van der Waals surface area (Å²) in [5.41, 5.74) is 1.80. The second-order valence-corrected chi connectivity index (χ2v) is 6.98. The number of benzene rings is 1. The van der Waals surface area contributed by atoms with Crippen LogP contribution in [-0.4, -0.2) is 32.9 Å². The van der Waals surface area contributed by atoms with Crippen molar-refractivity contribution < 1.29 is 13.2 Å². The molecule has 5 heteroatoms. The van der Waals surface area contributed by atoms with Gasteiger partial charge in [-0.2, -0.15) is 4.31 Å². The number of nitrogens with zero attached hydrogens (tertiary/aromatic N) is 1. The highest BCUT2D eigenvalue weighted by molar-refractivity contribution is 7.89. The lowest BCUT2D eigenvalue weighted by Crippen LogP contribution is -2.35. The Kier molecular flexibility index (Phi) is 4.16. The first-order chi connectivity index (χ1) is 8.96. The summed E-state index contributed by atoms with van der Waals surface area (Å²) in [5, 5.41) is 0. The topological polar surface area (TPSA) is 46.6 Å². The largest absolute Gasteiger partial charge is 0.495 e. The lowest BCUT2D eigenvalue weighted by molar-refractivity contribution is 0.342. The fourth-order valence-corrected chi connectivity index (χ4v) is 4.44. The Bertz CT molecular complexity index is 560. The zero-order valence-electron chi connectivity index (χ0n) is 11.8. The van der Waals surface area contributed by atoms with Crippen LogP contribution >= 0.6 is 0 Å². The van der Waals surface area contributed by atoms with E-state index in [0.717, 1.165) is 30.4 Å². The normalized spacial score (nSPS) is 17.4. The van der Waals surface area contributed by atoms with Gasteiger partial charge in [-0.25, -0.2) is 8.42 Å². The van der Waals surface area contributed by atoms with Gasteiger partial charge in [0, 0.05) is 13.1 Å². The maximum atomic E-state index is 12.7. The first kappa shape index (κ1) is 14.3. The minimum absolute atomic E-state index is 0.300. The summed E-state index contributed by atoms with van der Waals surface area (Å²) in [6, 6.07) is 3.64. The van der Waals surface area contributed by atoms with E-state index >= 15 is 0 Å². The van der Waals surface area contributed by atoms with Crippen molar-refractivity contribution in [3.63, 3.8) is 0 Å². The maximum Gasteiger partial charge on any atom is 0.246 e. The second-order valence-electron chi connectivity index (χ2n) is 5.08. The SMILES string of the molecule is COc1c(C)cc(C)cc1S(=O)(=O)N1CCCCC1. The van der Waals surface area contributed by atoms with E-state index in [0.29, 0.717) is 23.7 Å². The summed E-state index contributed by atoms with van der Waals surface area (Å²) in [7, 11) is -1.92. The zero-order chi connectivity index (χ0) is 14.0. The first-order valence-corrected chi connectivity index (χ1v) is 8.06. The molecule has 0 spiro atoms. The van der Waals surface area contributed by atoms with E-state index in [1.165, 1.54) is 7.11 Å². The number of hydrogen-bond donors (Lipinski definition) is 0. The summed E-state index contributed by atoms with van der Waals surface area (Å²) in [6.45, 7) is 5.00. The van der Waals surface area contributed by atoms with E-state index in [1.54, 1.807) is 10.4 Å². The molecule has 1 saturated heterocycles. The van der Waals surface area contributed by atoms with Gasteiger partial charge in [0.15, 0.2) is 0 Å². The minimum atomic E-state index is -3.44. The fourth-order valence-electron chi connectivity index (χ4n) is 2.61. The van der Waals surface area contributed by atoms with E-state index in [1.807, 2.05) is 19.9 Å². The van der Waals surface area contributed by atoms with Crippen LogP contribution < -0.4 is 4.74 Å². The van der Waals surface area contributed by atoms with Gasteiger partial charge < -0.3 is 4.74 Å². The maximum absolute atomic E-state index is 12.7. The molecule has 1 fully saturated rings. The van der Waals surface area contributed by atoms with Gasteiger partial charge >= 0.3 is 0 Å². The van der Waals surface area contributed by atoms with Crippen LogP contribution in [0.25, 0.3) is 0 Å². The molecular formula is C14H21NO3S. The third-order valence-electron chi connectivity index (χ3n) is 3.52. The number of piperidine rings is 1. The van der Waals surface area contributed by atoms with Crippen molar-refractivity contribution in [1.82, 2.24) is 4.31 Å². The molecule has 4 nitrogen and oxygen atoms in total. The van der Waals surface area contributed by atoms with Crippen molar-refractivity contribution >= 4 is 10.0 Å². The predicted octanol–water partition coefficient (Wildman–Crippen LogP) is 2.49. The average molecular weight is 283 g/mol. The third kappa shape index (κ3) is 2.77. The van der Waals surface area contributed by atoms with Crippen LogP contribution in [0.15, 0.2) is 17.0 Å². The molecule has 1 aromatic carbocycles. The molecular weight excluding hydrogens is 262 g/mol. The quantitative estimate of drug-likeness (QED) is 0.856. The van der Waals surface area contributed by atoms with Crippen LogP contribution in [0.4, 0.5) is 0 Å². The molecule has 0 bridgehead atoms. The Morgan fingerprint density at radius 3 is 2.32 bits per heavy atom. The summed E-state index contributed by atoms with van der Waals surface area (Å²) < 4.78 is 32.3. The van der Waals surface area contributed by atoms with Gasteiger partial charge in [-0.05, 0) is 43.9 Å². The van der Waals surface area contributed by atoms with E-state index in [4.69, 9.17) is 4.74 Å². The Morgan fingerprint density at radius 1 is 1.11 bits per heavy atom. The molecule has 0 aliphatic carbocycles. The fraction of sp³-hybridized carbons (Fsp3) is 0.571. The molecule has 0 atom stereocenters. The zero-order valence-corrected chi connectivity index (χ0v) is 12.6. The Balaban J connectivity index is 2.50. The summed E-state index contributed by atoms with van der Waals surface area (Å²) in [5.74, 6) is 0.469. The molecule has 2 rings (SSSR count). The first-order valence-electron chi connectivity index (χ1n) is 6.62.